The Morgan fingerprint density at radius 3 is 2.09 bits per heavy atom. The fourth-order valence-electron chi connectivity index (χ4n) is 2.40. The summed E-state index contributed by atoms with van der Waals surface area (Å²) in [4.78, 5) is 23.5. The second kappa shape index (κ2) is 7.94. The van der Waals surface area contributed by atoms with E-state index in [9.17, 15) is 14.7 Å². The van der Waals surface area contributed by atoms with E-state index in [0.29, 0.717) is 0 Å². The lowest BCUT2D eigenvalue weighted by atomic mass is 9.85. The first kappa shape index (κ1) is 16.5. The summed E-state index contributed by atoms with van der Waals surface area (Å²) in [7, 11) is 1.20. The molecule has 4 heteroatoms. The van der Waals surface area contributed by atoms with Gasteiger partial charge in [0, 0.05) is 5.92 Å². The Balaban J connectivity index is 2.41. The molecule has 0 aliphatic carbocycles. The fourth-order valence-corrected chi connectivity index (χ4v) is 2.40. The molecule has 0 aliphatic rings. The normalized spacial score (nSPS) is 13.4. The topological polar surface area (TPSA) is 63.6 Å². The third-order valence-corrected chi connectivity index (χ3v) is 3.56. The Kier molecular flexibility index (Phi) is 5.69. The molecule has 0 radical (unpaired) electrons. The number of hydrogen-bond donors (Lipinski definition) is 1. The van der Waals surface area contributed by atoms with Gasteiger partial charge in [-0.25, -0.2) is 0 Å². The highest BCUT2D eigenvalue weighted by Gasteiger charge is 2.35. The summed E-state index contributed by atoms with van der Waals surface area (Å²) in [5.41, 5.74) is 1.68. The Hall–Kier alpha value is -2.88. The van der Waals surface area contributed by atoms with Gasteiger partial charge in [0.1, 0.15) is 0 Å². The van der Waals surface area contributed by atoms with Crippen LogP contribution in [-0.2, 0) is 14.3 Å². The number of benzene rings is 2. The van der Waals surface area contributed by atoms with Gasteiger partial charge in [-0.05, 0) is 11.1 Å². The van der Waals surface area contributed by atoms with Crippen LogP contribution in [0.3, 0.4) is 0 Å². The van der Waals surface area contributed by atoms with Gasteiger partial charge in [0.05, 0.1) is 7.11 Å². The number of carboxylic acids is 1. The summed E-state index contributed by atoms with van der Waals surface area (Å²) >= 11 is 0. The van der Waals surface area contributed by atoms with Crippen molar-refractivity contribution in [3.8, 4) is 0 Å². The summed E-state index contributed by atoms with van der Waals surface area (Å²) in [6.07, 6.45) is 3.55. The lowest BCUT2D eigenvalue weighted by Gasteiger charge is -2.19. The van der Waals surface area contributed by atoms with Crippen LogP contribution < -0.4 is 0 Å². The zero-order chi connectivity index (χ0) is 16.7. The lowest BCUT2D eigenvalue weighted by Crippen LogP contribution is -2.30. The Morgan fingerprint density at radius 2 is 1.57 bits per heavy atom. The summed E-state index contributed by atoms with van der Waals surface area (Å²) in [6, 6.07) is 18.6. The Morgan fingerprint density at radius 1 is 1.00 bits per heavy atom. The number of carboxylic acid groups (broad SMARTS) is 1. The molecule has 2 atom stereocenters. The largest absolute Gasteiger partial charge is 0.481 e. The number of allylic oxidation sites excluding steroid dienone is 1. The summed E-state index contributed by atoms with van der Waals surface area (Å²) in [5.74, 6) is -3.86. The van der Waals surface area contributed by atoms with E-state index in [1.54, 1.807) is 18.2 Å². The van der Waals surface area contributed by atoms with E-state index < -0.39 is 23.8 Å². The van der Waals surface area contributed by atoms with Gasteiger partial charge in [0.15, 0.2) is 5.92 Å². The van der Waals surface area contributed by atoms with E-state index in [4.69, 9.17) is 0 Å². The molecule has 4 nitrogen and oxygen atoms in total. The van der Waals surface area contributed by atoms with Crippen LogP contribution >= 0.6 is 0 Å². The summed E-state index contributed by atoms with van der Waals surface area (Å²) in [6.45, 7) is 0. The molecule has 0 spiro atoms. The number of methoxy groups -OCH3 is 1. The van der Waals surface area contributed by atoms with Crippen LogP contribution in [0.2, 0.25) is 0 Å². The van der Waals surface area contributed by atoms with E-state index in [-0.39, 0.29) is 0 Å². The maximum Gasteiger partial charge on any atom is 0.321 e. The number of aliphatic carboxylic acids is 1. The number of ether oxygens (including phenoxy) is 1. The molecule has 2 rings (SSSR count). The van der Waals surface area contributed by atoms with Crippen LogP contribution in [0.15, 0.2) is 66.7 Å². The zero-order valence-electron chi connectivity index (χ0n) is 12.8. The van der Waals surface area contributed by atoms with Crippen LogP contribution in [0.1, 0.15) is 17.0 Å². The van der Waals surface area contributed by atoms with Crippen LogP contribution in [0.4, 0.5) is 0 Å². The minimum Gasteiger partial charge on any atom is -0.481 e. The predicted octanol–water partition coefficient (Wildman–Crippen LogP) is 3.36. The first-order valence-electron chi connectivity index (χ1n) is 7.22. The van der Waals surface area contributed by atoms with Crippen molar-refractivity contribution in [3.63, 3.8) is 0 Å². The van der Waals surface area contributed by atoms with Crippen molar-refractivity contribution in [2.24, 2.45) is 5.92 Å². The molecule has 0 fully saturated rings. The monoisotopic (exact) mass is 310 g/mol. The van der Waals surface area contributed by atoms with Crippen molar-refractivity contribution in [1.82, 2.24) is 0 Å². The first-order valence-corrected chi connectivity index (χ1v) is 7.22. The average Bonchev–Trinajstić information content (AvgIpc) is 2.59. The molecule has 2 unspecified atom stereocenters. The molecular formula is C19H18O4. The van der Waals surface area contributed by atoms with Crippen molar-refractivity contribution in [1.29, 1.82) is 0 Å². The smallest absolute Gasteiger partial charge is 0.321 e. The number of hydrogen-bond acceptors (Lipinski definition) is 3. The van der Waals surface area contributed by atoms with Crippen molar-refractivity contribution >= 4 is 18.0 Å². The van der Waals surface area contributed by atoms with Crippen LogP contribution in [0.25, 0.3) is 6.08 Å². The quantitative estimate of drug-likeness (QED) is 0.656. The van der Waals surface area contributed by atoms with E-state index in [2.05, 4.69) is 4.74 Å². The molecule has 2 aromatic carbocycles. The minimum absolute atomic E-state index is 0.610. The third-order valence-electron chi connectivity index (χ3n) is 3.56. The van der Waals surface area contributed by atoms with Crippen LogP contribution in [-0.4, -0.2) is 24.2 Å². The highest BCUT2D eigenvalue weighted by molar-refractivity contribution is 5.95. The van der Waals surface area contributed by atoms with Crippen molar-refractivity contribution in [2.75, 3.05) is 7.11 Å². The molecule has 2 aromatic rings. The molecular weight excluding hydrogens is 292 g/mol. The van der Waals surface area contributed by atoms with Crippen molar-refractivity contribution in [2.45, 2.75) is 5.92 Å². The zero-order valence-corrected chi connectivity index (χ0v) is 12.8. The van der Waals surface area contributed by atoms with Crippen LogP contribution in [0, 0.1) is 5.92 Å². The van der Waals surface area contributed by atoms with Crippen molar-refractivity contribution < 1.29 is 19.4 Å². The SMILES string of the molecule is COC(=O)C(C(=O)O)C(C=Cc1ccccc1)c1ccccc1. The molecule has 0 saturated heterocycles. The fraction of sp³-hybridized carbons (Fsp3) is 0.158. The first-order chi connectivity index (χ1) is 11.1. The second-order valence-corrected chi connectivity index (χ2v) is 5.05. The van der Waals surface area contributed by atoms with Gasteiger partial charge in [-0.15, -0.1) is 0 Å². The number of carbonyl (C=O) groups excluding carboxylic acids is 1. The van der Waals surface area contributed by atoms with Crippen molar-refractivity contribution in [3.05, 3.63) is 77.9 Å². The van der Waals surface area contributed by atoms with Gasteiger partial charge in [-0.1, -0.05) is 72.8 Å². The van der Waals surface area contributed by atoms with E-state index >= 15 is 0 Å². The highest BCUT2D eigenvalue weighted by Crippen LogP contribution is 2.28. The number of rotatable bonds is 6. The maximum atomic E-state index is 11.9. The molecule has 1 N–H and O–H groups in total. The number of esters is 1. The molecule has 0 amide bonds. The van der Waals surface area contributed by atoms with Gasteiger partial charge in [-0.3, -0.25) is 9.59 Å². The van der Waals surface area contributed by atoms with Gasteiger partial charge < -0.3 is 9.84 Å². The number of carbonyl (C=O) groups is 2. The standard InChI is InChI=1S/C19H18O4/c1-23-19(22)17(18(20)21)16(15-10-6-3-7-11-15)13-12-14-8-4-2-5-9-14/h2-13,16-17H,1H3,(H,20,21). The molecule has 0 aromatic heterocycles. The maximum absolute atomic E-state index is 11.9. The molecule has 0 heterocycles. The highest BCUT2D eigenvalue weighted by atomic mass is 16.5. The average molecular weight is 310 g/mol. The van der Waals surface area contributed by atoms with E-state index in [0.717, 1.165) is 11.1 Å². The van der Waals surface area contributed by atoms with Gasteiger partial charge >= 0.3 is 11.9 Å². The van der Waals surface area contributed by atoms with E-state index in [1.165, 1.54) is 7.11 Å². The molecule has 23 heavy (non-hydrogen) atoms. The Labute approximate surface area is 135 Å². The molecule has 0 saturated carbocycles. The molecule has 0 bridgehead atoms. The van der Waals surface area contributed by atoms with Gasteiger partial charge in [0.25, 0.3) is 0 Å². The summed E-state index contributed by atoms with van der Waals surface area (Å²) < 4.78 is 4.67. The third kappa shape index (κ3) is 4.30. The summed E-state index contributed by atoms with van der Waals surface area (Å²) in [5, 5.41) is 9.47. The van der Waals surface area contributed by atoms with Crippen LogP contribution in [0.5, 0.6) is 0 Å². The Bertz CT molecular complexity index is 677. The lowest BCUT2D eigenvalue weighted by molar-refractivity contribution is -0.157. The second-order valence-electron chi connectivity index (χ2n) is 5.05. The molecule has 118 valence electrons. The van der Waals surface area contributed by atoms with Gasteiger partial charge in [0.2, 0.25) is 0 Å². The van der Waals surface area contributed by atoms with Gasteiger partial charge in [-0.2, -0.15) is 0 Å². The minimum atomic E-state index is -1.29. The van der Waals surface area contributed by atoms with E-state index in [1.807, 2.05) is 54.6 Å². The molecule has 0 aliphatic heterocycles. The predicted molar refractivity (Wildman–Crippen MR) is 87.8 cm³/mol.